The molecule has 1 aromatic carbocycles. The number of rotatable bonds is 8. The smallest absolute Gasteiger partial charge is 0.431 e. The quantitative estimate of drug-likeness (QED) is 0.708. The lowest BCUT2D eigenvalue weighted by Gasteiger charge is -2.20. The highest BCUT2D eigenvalue weighted by Gasteiger charge is 2.14. The van der Waals surface area contributed by atoms with Crippen LogP contribution in [0, 0.1) is 0 Å². The summed E-state index contributed by atoms with van der Waals surface area (Å²) in [6.07, 6.45) is 1.02. The molecule has 5 heteroatoms. The van der Waals surface area contributed by atoms with Crippen LogP contribution in [0.3, 0.4) is 0 Å². The fourth-order valence-corrected chi connectivity index (χ4v) is 1.72. The fraction of sp³-hybridized carbons (Fsp3) is 0.500. The van der Waals surface area contributed by atoms with Gasteiger partial charge >= 0.3 is 6.09 Å². The first kappa shape index (κ1) is 15.5. The molecule has 0 aliphatic rings. The summed E-state index contributed by atoms with van der Waals surface area (Å²) in [6, 6.07) is 9.85. The molecule has 0 aliphatic carbocycles. The summed E-state index contributed by atoms with van der Waals surface area (Å²) in [5.41, 5.74) is 7.17. The van der Waals surface area contributed by atoms with Crippen molar-refractivity contribution in [2.45, 2.75) is 32.2 Å². The van der Waals surface area contributed by atoms with Crippen molar-refractivity contribution in [2.24, 2.45) is 5.73 Å². The van der Waals surface area contributed by atoms with E-state index in [0.717, 1.165) is 23.5 Å². The highest BCUT2D eigenvalue weighted by molar-refractivity contribution is 5.63. The van der Waals surface area contributed by atoms with Gasteiger partial charge in [0.1, 0.15) is 0 Å². The van der Waals surface area contributed by atoms with E-state index in [1.165, 1.54) is 0 Å². The molecule has 1 unspecified atom stereocenters. The Kier molecular flexibility index (Phi) is 6.92. The minimum Gasteiger partial charge on any atom is -0.463 e. The molecule has 3 N–H and O–H groups in total. The third-order valence-electron chi connectivity index (χ3n) is 2.71. The van der Waals surface area contributed by atoms with Gasteiger partial charge in [0, 0.05) is 6.04 Å². The Morgan fingerprint density at radius 1 is 1.42 bits per heavy atom. The first-order valence-corrected chi connectivity index (χ1v) is 6.56. The molecule has 1 aromatic rings. The van der Waals surface area contributed by atoms with E-state index in [-0.39, 0.29) is 6.04 Å². The van der Waals surface area contributed by atoms with Crippen LogP contribution in [0.1, 0.15) is 25.3 Å². The molecule has 1 rings (SSSR count). The SMILES string of the molecule is CCCON(CCC(N)Cc1ccccc1)C(=O)O. The molecule has 0 fully saturated rings. The number of amides is 1. The molecule has 5 nitrogen and oxygen atoms in total. The van der Waals surface area contributed by atoms with E-state index in [2.05, 4.69) is 0 Å². The van der Waals surface area contributed by atoms with E-state index in [0.29, 0.717) is 19.6 Å². The van der Waals surface area contributed by atoms with Crippen molar-refractivity contribution in [3.63, 3.8) is 0 Å². The molecule has 0 aliphatic heterocycles. The van der Waals surface area contributed by atoms with Gasteiger partial charge in [0.2, 0.25) is 0 Å². The Bertz CT molecular complexity index is 370. The predicted molar refractivity (Wildman–Crippen MR) is 73.7 cm³/mol. The Morgan fingerprint density at radius 2 is 2.11 bits per heavy atom. The second-order valence-electron chi connectivity index (χ2n) is 4.46. The van der Waals surface area contributed by atoms with Crippen molar-refractivity contribution in [3.05, 3.63) is 35.9 Å². The number of nitrogens with zero attached hydrogens (tertiary/aromatic N) is 1. The van der Waals surface area contributed by atoms with E-state index >= 15 is 0 Å². The van der Waals surface area contributed by atoms with Crippen LogP contribution in [-0.4, -0.2) is 35.5 Å². The van der Waals surface area contributed by atoms with Gasteiger partial charge in [0.15, 0.2) is 0 Å². The second kappa shape index (κ2) is 8.50. The van der Waals surface area contributed by atoms with Crippen LogP contribution < -0.4 is 5.73 Å². The largest absolute Gasteiger partial charge is 0.463 e. The van der Waals surface area contributed by atoms with Crippen LogP contribution in [-0.2, 0) is 11.3 Å². The van der Waals surface area contributed by atoms with Gasteiger partial charge in [-0.05, 0) is 24.8 Å². The van der Waals surface area contributed by atoms with Gasteiger partial charge in [-0.1, -0.05) is 37.3 Å². The normalized spacial score (nSPS) is 12.1. The zero-order valence-corrected chi connectivity index (χ0v) is 11.3. The van der Waals surface area contributed by atoms with Crippen LogP contribution in [0.15, 0.2) is 30.3 Å². The van der Waals surface area contributed by atoms with E-state index in [1.807, 2.05) is 37.3 Å². The molecule has 1 amide bonds. The van der Waals surface area contributed by atoms with Gasteiger partial charge in [0.05, 0.1) is 13.2 Å². The first-order chi connectivity index (χ1) is 9.13. The molecule has 0 saturated carbocycles. The topological polar surface area (TPSA) is 75.8 Å². The van der Waals surface area contributed by atoms with E-state index in [9.17, 15) is 4.79 Å². The van der Waals surface area contributed by atoms with Gasteiger partial charge in [0.25, 0.3) is 0 Å². The molecule has 0 radical (unpaired) electrons. The lowest BCUT2D eigenvalue weighted by molar-refractivity contribution is -0.131. The molecule has 0 spiro atoms. The molecule has 0 bridgehead atoms. The molecule has 0 saturated heterocycles. The Morgan fingerprint density at radius 3 is 2.68 bits per heavy atom. The number of carbonyl (C=O) groups is 1. The van der Waals surface area contributed by atoms with Gasteiger partial charge in [-0.2, -0.15) is 5.06 Å². The van der Waals surface area contributed by atoms with Gasteiger partial charge in [-0.15, -0.1) is 0 Å². The summed E-state index contributed by atoms with van der Waals surface area (Å²) in [6.45, 7) is 2.63. The van der Waals surface area contributed by atoms with Crippen LogP contribution >= 0.6 is 0 Å². The van der Waals surface area contributed by atoms with Gasteiger partial charge in [-0.3, -0.25) is 4.84 Å². The highest BCUT2D eigenvalue weighted by Crippen LogP contribution is 2.05. The van der Waals surface area contributed by atoms with Crippen molar-refractivity contribution < 1.29 is 14.7 Å². The summed E-state index contributed by atoms with van der Waals surface area (Å²) in [5, 5.41) is 9.93. The third kappa shape index (κ3) is 6.22. The Hall–Kier alpha value is -1.59. The summed E-state index contributed by atoms with van der Waals surface area (Å²) in [5.74, 6) is 0. The minimum atomic E-state index is -1.07. The third-order valence-corrected chi connectivity index (χ3v) is 2.71. The fourth-order valence-electron chi connectivity index (χ4n) is 1.72. The number of carboxylic acid groups (broad SMARTS) is 1. The molecule has 0 heterocycles. The second-order valence-corrected chi connectivity index (χ2v) is 4.46. The highest BCUT2D eigenvalue weighted by atomic mass is 16.7. The summed E-state index contributed by atoms with van der Waals surface area (Å²) < 4.78 is 0. The maximum absolute atomic E-state index is 10.9. The number of hydrogen-bond donors (Lipinski definition) is 2. The zero-order valence-electron chi connectivity index (χ0n) is 11.3. The van der Waals surface area contributed by atoms with E-state index < -0.39 is 6.09 Å². The monoisotopic (exact) mass is 266 g/mol. The van der Waals surface area contributed by atoms with Gasteiger partial charge < -0.3 is 10.8 Å². The maximum Gasteiger partial charge on any atom is 0.431 e. The number of nitrogens with two attached hydrogens (primary N) is 1. The molecular weight excluding hydrogens is 244 g/mol. The minimum absolute atomic E-state index is 0.0746. The van der Waals surface area contributed by atoms with Crippen molar-refractivity contribution in [3.8, 4) is 0 Å². The summed E-state index contributed by atoms with van der Waals surface area (Å²) in [4.78, 5) is 16.1. The zero-order chi connectivity index (χ0) is 14.1. The van der Waals surface area contributed by atoms with Crippen molar-refractivity contribution in [2.75, 3.05) is 13.2 Å². The van der Waals surface area contributed by atoms with Crippen LogP contribution in [0.5, 0.6) is 0 Å². The molecule has 19 heavy (non-hydrogen) atoms. The molecule has 1 atom stereocenters. The Labute approximate surface area is 113 Å². The number of hydroxylamine groups is 2. The average molecular weight is 266 g/mol. The lowest BCUT2D eigenvalue weighted by atomic mass is 10.0. The first-order valence-electron chi connectivity index (χ1n) is 6.56. The van der Waals surface area contributed by atoms with Crippen LogP contribution in [0.2, 0.25) is 0 Å². The molecule has 0 aromatic heterocycles. The van der Waals surface area contributed by atoms with Crippen LogP contribution in [0.25, 0.3) is 0 Å². The maximum atomic E-state index is 10.9. The molecular formula is C14H22N2O3. The van der Waals surface area contributed by atoms with Crippen molar-refractivity contribution in [1.82, 2.24) is 5.06 Å². The van der Waals surface area contributed by atoms with E-state index in [4.69, 9.17) is 15.7 Å². The van der Waals surface area contributed by atoms with Crippen molar-refractivity contribution >= 4 is 6.09 Å². The summed E-state index contributed by atoms with van der Waals surface area (Å²) in [7, 11) is 0. The standard InChI is InChI=1S/C14H22N2O3/c1-2-10-19-16(14(17)18)9-8-13(15)11-12-6-4-3-5-7-12/h3-7,13H,2,8-11,15H2,1H3,(H,17,18). The Balaban J connectivity index is 2.35. The average Bonchev–Trinajstić information content (AvgIpc) is 2.39. The lowest BCUT2D eigenvalue weighted by Crippen LogP contribution is -2.35. The number of hydrogen-bond acceptors (Lipinski definition) is 3. The van der Waals surface area contributed by atoms with Crippen molar-refractivity contribution in [1.29, 1.82) is 0 Å². The summed E-state index contributed by atoms with van der Waals surface area (Å²) >= 11 is 0. The molecule has 106 valence electrons. The number of benzene rings is 1. The van der Waals surface area contributed by atoms with Gasteiger partial charge in [-0.25, -0.2) is 4.79 Å². The van der Waals surface area contributed by atoms with Crippen LogP contribution in [0.4, 0.5) is 4.79 Å². The van der Waals surface area contributed by atoms with E-state index in [1.54, 1.807) is 0 Å². The predicted octanol–water partition coefficient (Wildman–Crippen LogP) is 2.27.